The smallest absolute Gasteiger partial charge is 0.343 e. The van der Waals surface area contributed by atoms with Crippen molar-refractivity contribution in [3.05, 3.63) is 29.8 Å². The lowest BCUT2D eigenvalue weighted by atomic mass is 10.2. The zero-order valence-electron chi connectivity index (χ0n) is 12.4. The molecule has 21 heavy (non-hydrogen) atoms. The molecule has 0 aliphatic heterocycles. The highest BCUT2D eigenvalue weighted by Crippen LogP contribution is 2.13. The van der Waals surface area contributed by atoms with E-state index in [1.54, 1.807) is 18.2 Å². The maximum Gasteiger partial charge on any atom is 0.343 e. The number of nitrogens with one attached hydrogen (secondary N) is 1. The molecule has 0 saturated carbocycles. The van der Waals surface area contributed by atoms with Crippen LogP contribution >= 0.6 is 0 Å². The number of methoxy groups -OCH3 is 1. The summed E-state index contributed by atoms with van der Waals surface area (Å²) in [5.74, 6) is 0.0838. The van der Waals surface area contributed by atoms with Crippen LogP contribution in [0.2, 0.25) is 0 Å². The van der Waals surface area contributed by atoms with Gasteiger partial charge in [0.1, 0.15) is 5.75 Å². The van der Waals surface area contributed by atoms with Gasteiger partial charge in [0.25, 0.3) is 0 Å². The van der Waals surface area contributed by atoms with Gasteiger partial charge in [-0.25, -0.2) is 4.79 Å². The lowest BCUT2D eigenvalue weighted by Gasteiger charge is -2.09. The van der Waals surface area contributed by atoms with Crippen LogP contribution in [0.15, 0.2) is 24.3 Å². The molecule has 0 aliphatic carbocycles. The fourth-order valence-corrected chi connectivity index (χ4v) is 1.59. The maximum atomic E-state index is 11.6. The Hall–Kier alpha value is -2.08. The number of nitrogens with two attached hydrogens (primary N) is 1. The topological polar surface area (TPSA) is 90.6 Å². The van der Waals surface area contributed by atoms with Gasteiger partial charge in [-0.3, -0.25) is 4.79 Å². The third-order valence-corrected chi connectivity index (χ3v) is 2.80. The Labute approximate surface area is 124 Å². The first-order valence-electron chi connectivity index (χ1n) is 6.82. The van der Waals surface area contributed by atoms with Gasteiger partial charge in [0.05, 0.1) is 7.11 Å². The van der Waals surface area contributed by atoms with E-state index in [4.69, 9.17) is 10.5 Å². The van der Waals surface area contributed by atoms with E-state index in [2.05, 4.69) is 10.1 Å². The molecule has 1 aromatic rings. The minimum absolute atomic E-state index is 0.0193. The van der Waals surface area contributed by atoms with Crippen molar-refractivity contribution >= 4 is 11.9 Å². The first-order valence-corrected chi connectivity index (χ1v) is 6.82. The second kappa shape index (κ2) is 8.97. The summed E-state index contributed by atoms with van der Waals surface area (Å²) in [6.07, 6.45) is 1.07. The number of hydrogen-bond donors (Lipinski definition) is 2. The molecule has 0 aliphatic rings. The molecule has 0 radical (unpaired) electrons. The Morgan fingerprint density at radius 1 is 1.38 bits per heavy atom. The van der Waals surface area contributed by atoms with E-state index < -0.39 is 5.97 Å². The van der Waals surface area contributed by atoms with E-state index in [9.17, 15) is 9.59 Å². The van der Waals surface area contributed by atoms with Gasteiger partial charge in [-0.2, -0.15) is 0 Å². The van der Waals surface area contributed by atoms with Crippen LogP contribution in [0.3, 0.4) is 0 Å². The highest BCUT2D eigenvalue weighted by Gasteiger charge is 2.05. The number of benzene rings is 1. The zero-order valence-corrected chi connectivity index (χ0v) is 12.4. The summed E-state index contributed by atoms with van der Waals surface area (Å²) >= 11 is 0. The van der Waals surface area contributed by atoms with Crippen molar-refractivity contribution in [2.75, 3.05) is 13.7 Å². The molecular weight excluding hydrogens is 272 g/mol. The van der Waals surface area contributed by atoms with Crippen LogP contribution in [0.25, 0.3) is 0 Å². The van der Waals surface area contributed by atoms with Crippen molar-refractivity contribution in [3.8, 4) is 5.75 Å². The molecule has 0 aromatic heterocycles. The van der Waals surface area contributed by atoms with E-state index in [1.807, 2.05) is 13.0 Å². The highest BCUT2D eigenvalue weighted by molar-refractivity contribution is 5.75. The number of rotatable bonds is 8. The van der Waals surface area contributed by atoms with Crippen LogP contribution in [0.1, 0.15) is 25.3 Å². The molecule has 0 bridgehead atoms. The Kier molecular flexibility index (Phi) is 7.25. The first-order chi connectivity index (χ1) is 10.0. The summed E-state index contributed by atoms with van der Waals surface area (Å²) in [5, 5.41) is 2.82. The van der Waals surface area contributed by atoms with Crippen molar-refractivity contribution in [1.82, 2.24) is 5.32 Å². The number of carbonyl (C=O) groups excluding carboxylic acids is 2. The zero-order chi connectivity index (χ0) is 15.7. The van der Waals surface area contributed by atoms with Gasteiger partial charge in [-0.15, -0.1) is 0 Å². The maximum absolute atomic E-state index is 11.6. The van der Waals surface area contributed by atoms with Gasteiger partial charge in [-0.1, -0.05) is 12.1 Å². The summed E-state index contributed by atoms with van der Waals surface area (Å²) in [6.45, 7) is 2.14. The lowest BCUT2D eigenvalue weighted by Crippen LogP contribution is -2.25. The number of hydrogen-bond acceptors (Lipinski definition) is 5. The van der Waals surface area contributed by atoms with Crippen molar-refractivity contribution in [2.24, 2.45) is 5.73 Å². The van der Waals surface area contributed by atoms with E-state index in [0.717, 1.165) is 5.56 Å². The SMILES string of the molecule is COC(=O)COc1cccc(CNC(=O)CCC(C)N)c1. The molecule has 0 saturated heterocycles. The van der Waals surface area contributed by atoms with E-state index in [-0.39, 0.29) is 18.6 Å². The molecule has 1 rings (SSSR count). The van der Waals surface area contributed by atoms with Crippen LogP contribution in [-0.4, -0.2) is 31.6 Å². The predicted octanol–water partition coefficient (Wildman–Crippen LogP) is 0.982. The van der Waals surface area contributed by atoms with Crippen molar-refractivity contribution < 1.29 is 19.1 Å². The fourth-order valence-electron chi connectivity index (χ4n) is 1.59. The van der Waals surface area contributed by atoms with Gasteiger partial charge < -0.3 is 20.5 Å². The van der Waals surface area contributed by atoms with Gasteiger partial charge in [0, 0.05) is 19.0 Å². The minimum Gasteiger partial charge on any atom is -0.482 e. The molecule has 1 amide bonds. The van der Waals surface area contributed by atoms with Crippen LogP contribution in [0.5, 0.6) is 5.75 Å². The quantitative estimate of drug-likeness (QED) is 0.698. The van der Waals surface area contributed by atoms with Crippen molar-refractivity contribution in [1.29, 1.82) is 0 Å². The Bertz CT molecular complexity index is 474. The molecule has 0 heterocycles. The van der Waals surface area contributed by atoms with Gasteiger partial charge in [0.2, 0.25) is 5.91 Å². The third-order valence-electron chi connectivity index (χ3n) is 2.80. The molecule has 6 heteroatoms. The highest BCUT2D eigenvalue weighted by atomic mass is 16.6. The Balaban J connectivity index is 2.41. The van der Waals surface area contributed by atoms with Gasteiger partial charge in [-0.05, 0) is 31.0 Å². The fraction of sp³-hybridized carbons (Fsp3) is 0.467. The van der Waals surface area contributed by atoms with Gasteiger partial charge in [0.15, 0.2) is 6.61 Å². The van der Waals surface area contributed by atoms with E-state index in [1.165, 1.54) is 7.11 Å². The van der Waals surface area contributed by atoms with Gasteiger partial charge >= 0.3 is 5.97 Å². The minimum atomic E-state index is -0.440. The summed E-state index contributed by atoms with van der Waals surface area (Å²) in [6, 6.07) is 7.21. The summed E-state index contributed by atoms with van der Waals surface area (Å²) in [7, 11) is 1.31. The normalized spacial score (nSPS) is 11.6. The average molecular weight is 294 g/mol. The summed E-state index contributed by atoms with van der Waals surface area (Å²) in [4.78, 5) is 22.6. The second-order valence-electron chi connectivity index (χ2n) is 4.80. The van der Waals surface area contributed by atoms with Crippen LogP contribution in [0, 0.1) is 0 Å². The number of amides is 1. The average Bonchev–Trinajstić information content (AvgIpc) is 2.48. The molecule has 1 unspecified atom stereocenters. The van der Waals surface area contributed by atoms with Crippen molar-refractivity contribution in [2.45, 2.75) is 32.4 Å². The molecule has 116 valence electrons. The number of carbonyl (C=O) groups is 2. The first kappa shape index (κ1) is 17.0. The Morgan fingerprint density at radius 2 is 2.14 bits per heavy atom. The van der Waals surface area contributed by atoms with Crippen LogP contribution < -0.4 is 15.8 Å². The molecule has 1 aromatic carbocycles. The molecule has 0 fully saturated rings. The largest absolute Gasteiger partial charge is 0.482 e. The standard InChI is InChI=1S/C15H22N2O4/c1-11(16)6-7-14(18)17-9-12-4-3-5-13(8-12)21-10-15(19)20-2/h3-5,8,11H,6-7,9-10,16H2,1-2H3,(H,17,18). The summed E-state index contributed by atoms with van der Waals surface area (Å²) in [5.41, 5.74) is 6.50. The monoisotopic (exact) mass is 294 g/mol. The van der Waals surface area contributed by atoms with Crippen LogP contribution in [-0.2, 0) is 20.9 Å². The molecule has 6 nitrogen and oxygen atoms in total. The second-order valence-corrected chi connectivity index (χ2v) is 4.80. The number of esters is 1. The molecule has 0 spiro atoms. The summed E-state index contributed by atoms with van der Waals surface area (Å²) < 4.78 is 9.78. The molecule has 1 atom stereocenters. The third kappa shape index (κ3) is 7.31. The van der Waals surface area contributed by atoms with E-state index >= 15 is 0 Å². The molecule has 3 N–H and O–H groups in total. The van der Waals surface area contributed by atoms with Crippen LogP contribution in [0.4, 0.5) is 0 Å². The Morgan fingerprint density at radius 3 is 2.81 bits per heavy atom. The van der Waals surface area contributed by atoms with Crippen molar-refractivity contribution in [3.63, 3.8) is 0 Å². The number of ether oxygens (including phenoxy) is 2. The van der Waals surface area contributed by atoms with E-state index in [0.29, 0.717) is 25.1 Å². The molecular formula is C15H22N2O4. The predicted molar refractivity (Wildman–Crippen MR) is 78.7 cm³/mol. The lowest BCUT2D eigenvalue weighted by molar-refractivity contribution is -0.142.